The quantitative estimate of drug-likeness (QED) is 0.828. The molecule has 6 nitrogen and oxygen atoms in total. The molecule has 0 aromatic heterocycles. The van der Waals surface area contributed by atoms with Crippen LogP contribution in [-0.2, 0) is 0 Å². The summed E-state index contributed by atoms with van der Waals surface area (Å²) in [5, 5.41) is 12.0. The molecule has 22 heavy (non-hydrogen) atoms. The van der Waals surface area contributed by atoms with Crippen LogP contribution in [0.4, 0.5) is 5.69 Å². The van der Waals surface area contributed by atoms with Gasteiger partial charge in [0.05, 0.1) is 11.1 Å². The van der Waals surface area contributed by atoms with Gasteiger partial charge in [0.1, 0.15) is 5.75 Å². The standard InChI is InChI=1S/C16H12N2O4/c1-18-15(21)12-6-5-10(8-13(12)16(18)22)17-14(20)9-3-2-4-11(19)7-9/h2-8,19H,1H3,(H,17,20). The van der Waals surface area contributed by atoms with E-state index in [4.69, 9.17) is 0 Å². The fraction of sp³-hybridized carbons (Fsp3) is 0.0625. The summed E-state index contributed by atoms with van der Waals surface area (Å²) >= 11 is 0. The first-order valence-electron chi connectivity index (χ1n) is 6.54. The maximum atomic E-state index is 12.1. The van der Waals surface area contributed by atoms with Crippen molar-refractivity contribution < 1.29 is 19.5 Å². The normalized spacial score (nSPS) is 13.2. The molecule has 1 heterocycles. The first-order valence-corrected chi connectivity index (χ1v) is 6.54. The Morgan fingerprint density at radius 1 is 1.05 bits per heavy atom. The van der Waals surface area contributed by atoms with Crippen molar-refractivity contribution in [3.05, 3.63) is 59.2 Å². The minimum absolute atomic E-state index is 0.0102. The van der Waals surface area contributed by atoms with Crippen molar-refractivity contribution in [1.82, 2.24) is 4.90 Å². The van der Waals surface area contributed by atoms with Crippen LogP contribution in [-0.4, -0.2) is 34.8 Å². The number of rotatable bonds is 2. The van der Waals surface area contributed by atoms with Crippen molar-refractivity contribution in [3.8, 4) is 5.75 Å². The average Bonchev–Trinajstić information content (AvgIpc) is 2.72. The number of hydrogen-bond acceptors (Lipinski definition) is 4. The molecule has 0 bridgehead atoms. The number of phenolic OH excluding ortho intramolecular Hbond substituents is 1. The van der Waals surface area contributed by atoms with E-state index in [1.165, 1.54) is 31.3 Å². The van der Waals surface area contributed by atoms with Crippen LogP contribution in [0, 0.1) is 0 Å². The summed E-state index contributed by atoms with van der Waals surface area (Å²) in [6.45, 7) is 0. The Bertz CT molecular complexity index is 814. The molecule has 0 atom stereocenters. The van der Waals surface area contributed by atoms with Gasteiger partial charge in [-0.2, -0.15) is 0 Å². The van der Waals surface area contributed by atoms with Crippen LogP contribution in [0.2, 0.25) is 0 Å². The molecule has 0 saturated heterocycles. The Morgan fingerprint density at radius 2 is 1.77 bits per heavy atom. The average molecular weight is 296 g/mol. The third-order valence-electron chi connectivity index (χ3n) is 3.46. The van der Waals surface area contributed by atoms with Gasteiger partial charge in [-0.25, -0.2) is 0 Å². The summed E-state index contributed by atoms with van der Waals surface area (Å²) in [4.78, 5) is 36.8. The Morgan fingerprint density at radius 3 is 2.50 bits per heavy atom. The minimum Gasteiger partial charge on any atom is -0.508 e. The number of phenols is 1. The zero-order valence-corrected chi connectivity index (χ0v) is 11.7. The Balaban J connectivity index is 1.88. The van der Waals surface area contributed by atoms with Gasteiger partial charge in [-0.15, -0.1) is 0 Å². The Kier molecular flexibility index (Phi) is 3.14. The van der Waals surface area contributed by atoms with Crippen LogP contribution in [0.25, 0.3) is 0 Å². The third kappa shape index (κ3) is 2.20. The Hall–Kier alpha value is -3.15. The predicted octanol–water partition coefficient (Wildman–Crippen LogP) is 1.87. The predicted molar refractivity (Wildman–Crippen MR) is 78.9 cm³/mol. The fourth-order valence-electron chi connectivity index (χ4n) is 2.29. The molecule has 1 aliphatic heterocycles. The van der Waals surface area contributed by atoms with Crippen molar-refractivity contribution in [2.24, 2.45) is 0 Å². The second-order valence-electron chi connectivity index (χ2n) is 4.93. The highest BCUT2D eigenvalue weighted by Crippen LogP contribution is 2.25. The summed E-state index contributed by atoms with van der Waals surface area (Å²) < 4.78 is 0. The van der Waals surface area contributed by atoms with Gasteiger partial charge in [-0.3, -0.25) is 19.3 Å². The second kappa shape index (κ2) is 5.00. The van der Waals surface area contributed by atoms with E-state index in [1.54, 1.807) is 18.2 Å². The topological polar surface area (TPSA) is 86.7 Å². The van der Waals surface area contributed by atoms with Gasteiger partial charge in [0.25, 0.3) is 17.7 Å². The molecular weight excluding hydrogens is 284 g/mol. The minimum atomic E-state index is -0.416. The molecule has 1 aliphatic rings. The summed E-state index contributed by atoms with van der Waals surface area (Å²) in [6, 6.07) is 10.5. The van der Waals surface area contributed by atoms with Gasteiger partial charge in [0.2, 0.25) is 0 Å². The van der Waals surface area contributed by atoms with Crippen molar-refractivity contribution in [1.29, 1.82) is 0 Å². The monoisotopic (exact) mass is 296 g/mol. The number of carbonyl (C=O) groups is 3. The van der Waals surface area contributed by atoms with Crippen LogP contribution in [0.5, 0.6) is 5.75 Å². The molecule has 2 N–H and O–H groups in total. The molecule has 6 heteroatoms. The van der Waals surface area contributed by atoms with Crippen LogP contribution in [0.15, 0.2) is 42.5 Å². The van der Waals surface area contributed by atoms with E-state index in [1.807, 2.05) is 0 Å². The third-order valence-corrected chi connectivity index (χ3v) is 3.46. The maximum absolute atomic E-state index is 12.1. The second-order valence-corrected chi connectivity index (χ2v) is 4.93. The van der Waals surface area contributed by atoms with Gasteiger partial charge in [-0.1, -0.05) is 6.07 Å². The lowest BCUT2D eigenvalue weighted by atomic mass is 10.1. The number of amides is 3. The number of imide groups is 1. The molecule has 0 fully saturated rings. The van der Waals surface area contributed by atoms with E-state index in [9.17, 15) is 19.5 Å². The van der Waals surface area contributed by atoms with Crippen LogP contribution in [0.1, 0.15) is 31.1 Å². The van der Waals surface area contributed by atoms with Gasteiger partial charge in [-0.05, 0) is 36.4 Å². The highest BCUT2D eigenvalue weighted by molar-refractivity contribution is 6.21. The van der Waals surface area contributed by atoms with Gasteiger partial charge < -0.3 is 10.4 Å². The Labute approximate surface area is 126 Å². The van der Waals surface area contributed by atoms with E-state index in [0.717, 1.165) is 4.90 Å². The number of aromatic hydroxyl groups is 1. The first-order chi connectivity index (χ1) is 10.5. The fourth-order valence-corrected chi connectivity index (χ4v) is 2.29. The number of carbonyl (C=O) groups excluding carboxylic acids is 3. The molecule has 0 saturated carbocycles. The van der Waals surface area contributed by atoms with E-state index in [0.29, 0.717) is 16.8 Å². The van der Waals surface area contributed by atoms with Crippen molar-refractivity contribution in [2.75, 3.05) is 12.4 Å². The molecule has 0 aliphatic carbocycles. The lowest BCUT2D eigenvalue weighted by Gasteiger charge is -2.06. The number of benzene rings is 2. The van der Waals surface area contributed by atoms with Gasteiger partial charge >= 0.3 is 0 Å². The molecule has 2 aromatic carbocycles. The SMILES string of the molecule is CN1C(=O)c2ccc(NC(=O)c3cccc(O)c3)cc2C1=O. The zero-order chi connectivity index (χ0) is 15.9. The summed E-state index contributed by atoms with van der Waals surface area (Å²) in [5.74, 6) is -1.18. The van der Waals surface area contributed by atoms with E-state index < -0.39 is 11.8 Å². The molecule has 0 spiro atoms. The molecule has 3 amide bonds. The van der Waals surface area contributed by atoms with E-state index >= 15 is 0 Å². The largest absolute Gasteiger partial charge is 0.508 e. The van der Waals surface area contributed by atoms with Crippen molar-refractivity contribution in [3.63, 3.8) is 0 Å². The molecule has 2 aromatic rings. The van der Waals surface area contributed by atoms with E-state index in [2.05, 4.69) is 5.32 Å². The maximum Gasteiger partial charge on any atom is 0.261 e. The lowest BCUT2D eigenvalue weighted by molar-refractivity contribution is 0.0692. The zero-order valence-electron chi connectivity index (χ0n) is 11.7. The van der Waals surface area contributed by atoms with Crippen molar-refractivity contribution in [2.45, 2.75) is 0 Å². The molecule has 110 valence electrons. The molecule has 0 unspecified atom stereocenters. The summed E-state index contributed by atoms with van der Waals surface area (Å²) in [5.41, 5.74) is 1.28. The van der Waals surface area contributed by atoms with Crippen LogP contribution >= 0.6 is 0 Å². The molecule has 0 radical (unpaired) electrons. The number of nitrogens with one attached hydrogen (secondary N) is 1. The first kappa shape index (κ1) is 13.8. The summed E-state index contributed by atoms with van der Waals surface area (Å²) in [7, 11) is 1.41. The smallest absolute Gasteiger partial charge is 0.261 e. The van der Waals surface area contributed by atoms with E-state index in [-0.39, 0.29) is 17.2 Å². The number of hydrogen-bond donors (Lipinski definition) is 2. The highest BCUT2D eigenvalue weighted by atomic mass is 16.3. The van der Waals surface area contributed by atoms with Crippen molar-refractivity contribution >= 4 is 23.4 Å². The van der Waals surface area contributed by atoms with Crippen LogP contribution in [0.3, 0.4) is 0 Å². The van der Waals surface area contributed by atoms with Gasteiger partial charge in [0, 0.05) is 18.3 Å². The number of anilines is 1. The lowest BCUT2D eigenvalue weighted by Crippen LogP contribution is -2.24. The van der Waals surface area contributed by atoms with Gasteiger partial charge in [0.15, 0.2) is 0 Å². The molecule has 3 rings (SSSR count). The van der Waals surface area contributed by atoms with Crippen LogP contribution < -0.4 is 5.32 Å². The summed E-state index contributed by atoms with van der Waals surface area (Å²) in [6.07, 6.45) is 0. The highest BCUT2D eigenvalue weighted by Gasteiger charge is 2.32. The molecular formula is C16H12N2O4. The number of fused-ring (bicyclic) bond motifs is 1. The number of nitrogens with zero attached hydrogens (tertiary/aromatic N) is 1.